The molecule has 0 aliphatic carbocycles. The van der Waals surface area contributed by atoms with Crippen LogP contribution in [0.3, 0.4) is 0 Å². The van der Waals surface area contributed by atoms with Crippen LogP contribution in [0.4, 0.5) is 11.4 Å². The van der Waals surface area contributed by atoms with Crippen molar-refractivity contribution in [3.8, 4) is 0 Å². The fourth-order valence-electron chi connectivity index (χ4n) is 2.32. The van der Waals surface area contributed by atoms with Crippen molar-refractivity contribution in [3.05, 3.63) is 59.2 Å². The fraction of sp³-hybridized carbons (Fsp3) is 0.167. The van der Waals surface area contributed by atoms with E-state index in [1.54, 1.807) is 30.3 Å². The molecular weight excluding hydrogens is 308 g/mol. The van der Waals surface area contributed by atoms with Gasteiger partial charge in [-0.1, -0.05) is 24.3 Å². The van der Waals surface area contributed by atoms with Gasteiger partial charge in [0.25, 0.3) is 0 Å². The Bertz CT molecular complexity index is 846. The Morgan fingerprint density at radius 3 is 2.25 bits per heavy atom. The number of carbonyl (C=O) groups excluding carboxylic acids is 2. The summed E-state index contributed by atoms with van der Waals surface area (Å²) in [5.41, 5.74) is 3.14. The number of benzene rings is 2. The van der Waals surface area contributed by atoms with Crippen molar-refractivity contribution in [2.75, 3.05) is 0 Å². The molecule has 1 N–H and O–H groups in total. The van der Waals surface area contributed by atoms with Crippen LogP contribution in [-0.4, -0.2) is 23.2 Å². The maximum absolute atomic E-state index is 11.2. The number of hydrogen-bond donors (Lipinski definition) is 1. The minimum atomic E-state index is -0.995. The monoisotopic (exact) mass is 322 g/mol. The molecule has 0 saturated carbocycles. The molecule has 0 bridgehead atoms. The highest BCUT2D eigenvalue weighted by Gasteiger charge is 2.18. The molecular formula is C18H14N2O4. The summed E-state index contributed by atoms with van der Waals surface area (Å²) in [4.78, 5) is 39.1. The molecule has 6 nitrogen and oxygen atoms in total. The van der Waals surface area contributed by atoms with Crippen molar-refractivity contribution in [2.24, 2.45) is 9.98 Å². The molecule has 24 heavy (non-hydrogen) atoms. The van der Waals surface area contributed by atoms with Gasteiger partial charge in [0.05, 0.1) is 17.3 Å². The maximum Gasteiger partial charge on any atom is 0.310 e. The lowest BCUT2D eigenvalue weighted by atomic mass is 9.95. The number of carbonyl (C=O) groups is 1. The average Bonchev–Trinajstić information content (AvgIpc) is 2.57. The van der Waals surface area contributed by atoms with E-state index in [9.17, 15) is 19.5 Å². The van der Waals surface area contributed by atoms with Gasteiger partial charge in [0.15, 0.2) is 0 Å². The zero-order chi connectivity index (χ0) is 17.5. The van der Waals surface area contributed by atoms with E-state index >= 15 is 0 Å². The summed E-state index contributed by atoms with van der Waals surface area (Å²) >= 11 is 0. The third-order valence-electron chi connectivity index (χ3n) is 3.61. The van der Waals surface area contributed by atoms with Crippen LogP contribution >= 0.6 is 0 Å². The van der Waals surface area contributed by atoms with Crippen molar-refractivity contribution in [1.29, 1.82) is 0 Å². The van der Waals surface area contributed by atoms with Crippen LogP contribution in [0, 0.1) is 0 Å². The van der Waals surface area contributed by atoms with E-state index in [-0.39, 0.29) is 0 Å². The summed E-state index contributed by atoms with van der Waals surface area (Å²) in [6, 6.07) is 12.2. The van der Waals surface area contributed by atoms with Gasteiger partial charge < -0.3 is 5.11 Å². The first kappa shape index (κ1) is 17.0. The highest BCUT2D eigenvalue weighted by atomic mass is 16.4. The van der Waals surface area contributed by atoms with Gasteiger partial charge in [-0.15, -0.1) is 0 Å². The highest BCUT2D eigenvalue weighted by Crippen LogP contribution is 2.29. The minimum Gasteiger partial charge on any atom is -0.481 e. The smallest absolute Gasteiger partial charge is 0.310 e. The van der Waals surface area contributed by atoms with Crippen LogP contribution < -0.4 is 0 Å². The van der Waals surface area contributed by atoms with E-state index in [2.05, 4.69) is 9.98 Å². The molecule has 0 aliphatic heterocycles. The van der Waals surface area contributed by atoms with E-state index in [1.807, 2.05) is 12.1 Å². The van der Waals surface area contributed by atoms with Crippen LogP contribution in [0.1, 0.15) is 29.5 Å². The summed E-state index contributed by atoms with van der Waals surface area (Å²) in [6.45, 7) is 1.54. The standard InChI is InChI=1S/C18H14N2O4/c1-12(18(23)24)16-9-14(4-7-17(16)20-11-22)8-13-2-5-15(6-3-13)19-10-21/h2-7,9,12H,8H2,1H3,(H,23,24). The second-order valence-electron chi connectivity index (χ2n) is 5.20. The molecule has 6 heteroatoms. The number of hydrogen-bond acceptors (Lipinski definition) is 5. The molecule has 2 rings (SSSR count). The summed E-state index contributed by atoms with van der Waals surface area (Å²) in [5, 5.41) is 9.21. The SMILES string of the molecule is CC(C(=O)O)c1cc(Cc2ccc(N=C=O)cc2)ccc1N=C=O. The fourth-order valence-corrected chi connectivity index (χ4v) is 2.32. The van der Waals surface area contributed by atoms with Gasteiger partial charge in [0.2, 0.25) is 12.2 Å². The average molecular weight is 322 g/mol. The summed E-state index contributed by atoms with van der Waals surface area (Å²) < 4.78 is 0. The van der Waals surface area contributed by atoms with Crippen LogP contribution in [0.15, 0.2) is 52.4 Å². The van der Waals surface area contributed by atoms with Crippen LogP contribution in [0.25, 0.3) is 0 Å². The topological polar surface area (TPSA) is 96.2 Å². The van der Waals surface area contributed by atoms with Crippen LogP contribution in [0.2, 0.25) is 0 Å². The first-order valence-corrected chi connectivity index (χ1v) is 7.15. The molecule has 2 aromatic carbocycles. The Labute approximate surface area is 138 Å². The zero-order valence-corrected chi connectivity index (χ0v) is 12.9. The van der Waals surface area contributed by atoms with Crippen LogP contribution in [0.5, 0.6) is 0 Å². The van der Waals surface area contributed by atoms with E-state index in [1.165, 1.54) is 19.1 Å². The van der Waals surface area contributed by atoms with Gasteiger partial charge in [-0.05, 0) is 48.2 Å². The number of nitrogens with zero attached hydrogens (tertiary/aromatic N) is 2. The molecule has 0 aromatic heterocycles. The number of carboxylic acid groups (broad SMARTS) is 1. The molecule has 0 saturated heterocycles. The minimum absolute atomic E-state index is 0.305. The van der Waals surface area contributed by atoms with E-state index < -0.39 is 11.9 Å². The van der Waals surface area contributed by atoms with Crippen molar-refractivity contribution in [1.82, 2.24) is 0 Å². The van der Waals surface area contributed by atoms with Gasteiger partial charge in [0, 0.05) is 0 Å². The highest BCUT2D eigenvalue weighted by molar-refractivity contribution is 5.78. The summed E-state index contributed by atoms with van der Waals surface area (Å²) in [6.07, 6.45) is 3.49. The molecule has 1 atom stereocenters. The Morgan fingerprint density at radius 1 is 1.04 bits per heavy atom. The molecule has 1 unspecified atom stereocenters. The van der Waals surface area contributed by atoms with Crippen molar-refractivity contribution in [3.63, 3.8) is 0 Å². The molecule has 120 valence electrons. The molecule has 0 fully saturated rings. The first-order chi connectivity index (χ1) is 11.5. The number of isocyanates is 2. The van der Waals surface area contributed by atoms with E-state index in [4.69, 9.17) is 0 Å². The van der Waals surface area contributed by atoms with E-state index in [0.29, 0.717) is 23.4 Å². The third kappa shape index (κ3) is 4.11. The lowest BCUT2D eigenvalue weighted by Crippen LogP contribution is -2.08. The first-order valence-electron chi connectivity index (χ1n) is 7.15. The normalized spacial score (nSPS) is 11.0. The number of aliphatic carboxylic acids is 1. The van der Waals surface area contributed by atoms with E-state index in [0.717, 1.165) is 11.1 Å². The molecule has 0 aliphatic rings. The molecule has 0 spiro atoms. The Balaban J connectivity index is 2.33. The van der Waals surface area contributed by atoms with Gasteiger partial charge in [-0.2, -0.15) is 9.98 Å². The molecule has 0 radical (unpaired) electrons. The second kappa shape index (κ2) is 7.79. The lowest BCUT2D eigenvalue weighted by Gasteiger charge is -2.12. The van der Waals surface area contributed by atoms with Crippen molar-refractivity contribution < 1.29 is 19.5 Å². The lowest BCUT2D eigenvalue weighted by molar-refractivity contribution is -0.138. The van der Waals surface area contributed by atoms with Gasteiger partial charge in [-0.25, -0.2) is 9.59 Å². The number of carboxylic acids is 1. The predicted octanol–water partition coefficient (Wildman–Crippen LogP) is 3.40. The predicted molar refractivity (Wildman–Crippen MR) is 87.3 cm³/mol. The maximum atomic E-state index is 11.2. The second-order valence-corrected chi connectivity index (χ2v) is 5.20. The summed E-state index contributed by atoms with van der Waals surface area (Å²) in [5.74, 6) is -1.79. The molecule has 2 aromatic rings. The number of rotatable bonds is 6. The molecule has 0 heterocycles. The quantitative estimate of drug-likeness (QED) is 0.651. The molecule has 0 amide bonds. The van der Waals surface area contributed by atoms with Crippen molar-refractivity contribution >= 4 is 29.5 Å². The number of aliphatic imine (C=N–C) groups is 2. The third-order valence-corrected chi connectivity index (χ3v) is 3.61. The Morgan fingerprint density at radius 2 is 1.67 bits per heavy atom. The van der Waals surface area contributed by atoms with Crippen LogP contribution in [-0.2, 0) is 20.8 Å². The Hall–Kier alpha value is -3.33. The zero-order valence-electron chi connectivity index (χ0n) is 12.9. The van der Waals surface area contributed by atoms with Gasteiger partial charge in [-0.3, -0.25) is 4.79 Å². The largest absolute Gasteiger partial charge is 0.481 e. The van der Waals surface area contributed by atoms with Gasteiger partial charge >= 0.3 is 5.97 Å². The van der Waals surface area contributed by atoms with Gasteiger partial charge in [0.1, 0.15) is 0 Å². The van der Waals surface area contributed by atoms with Crippen molar-refractivity contribution in [2.45, 2.75) is 19.3 Å². The summed E-state index contributed by atoms with van der Waals surface area (Å²) in [7, 11) is 0. The Kier molecular flexibility index (Phi) is 5.53.